The summed E-state index contributed by atoms with van der Waals surface area (Å²) in [6, 6.07) is 9.86. The Kier molecular flexibility index (Phi) is 7.82. The summed E-state index contributed by atoms with van der Waals surface area (Å²) in [5.74, 6) is 0.501. The van der Waals surface area contributed by atoms with Gasteiger partial charge in [0.25, 0.3) is 0 Å². The zero-order chi connectivity index (χ0) is 23.5. The lowest BCUT2D eigenvalue weighted by Gasteiger charge is -2.18. The van der Waals surface area contributed by atoms with Crippen molar-refractivity contribution in [2.75, 3.05) is 18.4 Å². The van der Waals surface area contributed by atoms with Crippen LogP contribution in [0.25, 0.3) is 11.0 Å². The van der Waals surface area contributed by atoms with Crippen LogP contribution >= 0.6 is 23.2 Å². The van der Waals surface area contributed by atoms with Crippen LogP contribution in [0.3, 0.4) is 0 Å². The second-order valence-corrected chi connectivity index (χ2v) is 9.97. The van der Waals surface area contributed by atoms with Gasteiger partial charge in [-0.2, -0.15) is 4.31 Å². The molecule has 0 saturated carbocycles. The fraction of sp³-hybridized carbons (Fsp3) is 0.364. The molecule has 0 radical (unpaired) electrons. The molecule has 1 aromatic heterocycles. The van der Waals surface area contributed by atoms with E-state index in [0.717, 1.165) is 5.52 Å². The molecule has 1 amide bonds. The average Bonchev–Trinajstić information content (AvgIpc) is 3.12. The number of hydrogen-bond acceptors (Lipinski definition) is 4. The molecule has 32 heavy (non-hydrogen) atoms. The van der Waals surface area contributed by atoms with Gasteiger partial charge in [0, 0.05) is 37.5 Å². The van der Waals surface area contributed by atoms with Crippen LogP contribution in [0, 0.1) is 0 Å². The molecular weight excluding hydrogens is 471 g/mol. The summed E-state index contributed by atoms with van der Waals surface area (Å²) in [5, 5.41) is 3.66. The van der Waals surface area contributed by atoms with Crippen molar-refractivity contribution in [1.82, 2.24) is 13.9 Å². The Labute approximate surface area is 198 Å². The minimum Gasteiger partial charge on any atom is -0.328 e. The van der Waals surface area contributed by atoms with Gasteiger partial charge in [-0.15, -0.1) is 0 Å². The molecular formula is C22H26Cl2N4O3S. The number of sulfonamides is 1. The van der Waals surface area contributed by atoms with Crippen molar-refractivity contribution in [2.24, 2.45) is 0 Å². The molecule has 7 nitrogen and oxygen atoms in total. The van der Waals surface area contributed by atoms with E-state index in [4.69, 9.17) is 23.2 Å². The van der Waals surface area contributed by atoms with Crippen LogP contribution in [0.2, 0.25) is 10.0 Å². The molecule has 1 heterocycles. The minimum atomic E-state index is -3.57. The van der Waals surface area contributed by atoms with Crippen LogP contribution in [0.4, 0.5) is 5.69 Å². The number of aromatic nitrogens is 2. The number of aryl methyl sites for hydroxylation is 2. The molecule has 0 fully saturated rings. The SMILES string of the molecule is CCN(CC)S(=O)(=O)c1ccc2c(c1)nc(CCC(=O)Nc1cc(Cl)ccc1Cl)n2CC. The minimum absolute atomic E-state index is 0.191. The van der Waals surface area contributed by atoms with Crippen LogP contribution in [0.1, 0.15) is 33.0 Å². The predicted octanol–water partition coefficient (Wildman–Crippen LogP) is 4.96. The Balaban J connectivity index is 1.82. The third-order valence-electron chi connectivity index (χ3n) is 5.24. The van der Waals surface area contributed by atoms with Gasteiger partial charge in [0.1, 0.15) is 5.82 Å². The second-order valence-electron chi connectivity index (χ2n) is 7.18. The van der Waals surface area contributed by atoms with Gasteiger partial charge < -0.3 is 9.88 Å². The van der Waals surface area contributed by atoms with E-state index >= 15 is 0 Å². The van der Waals surface area contributed by atoms with Crippen LogP contribution in [0.5, 0.6) is 0 Å². The first kappa shape index (κ1) is 24.5. The quantitative estimate of drug-likeness (QED) is 0.453. The van der Waals surface area contributed by atoms with E-state index in [-0.39, 0.29) is 17.2 Å². The number of nitrogens with zero attached hydrogens (tertiary/aromatic N) is 3. The molecule has 172 valence electrons. The van der Waals surface area contributed by atoms with Gasteiger partial charge in [-0.1, -0.05) is 37.0 Å². The van der Waals surface area contributed by atoms with E-state index < -0.39 is 10.0 Å². The molecule has 0 saturated heterocycles. The van der Waals surface area contributed by atoms with E-state index in [2.05, 4.69) is 10.3 Å². The van der Waals surface area contributed by atoms with E-state index in [1.807, 2.05) is 25.3 Å². The first-order valence-electron chi connectivity index (χ1n) is 10.4. The number of nitrogens with one attached hydrogen (secondary N) is 1. The smallest absolute Gasteiger partial charge is 0.243 e. The number of imidazole rings is 1. The zero-order valence-electron chi connectivity index (χ0n) is 18.2. The van der Waals surface area contributed by atoms with Gasteiger partial charge >= 0.3 is 0 Å². The largest absolute Gasteiger partial charge is 0.328 e. The Bertz CT molecular complexity index is 1240. The topological polar surface area (TPSA) is 84.3 Å². The standard InChI is InChI=1S/C22H26Cl2N4O3S/c1-4-27(5-2)32(30,31)16-8-10-20-19(14-16)25-21(28(20)6-3)11-12-22(29)26-18-13-15(23)7-9-17(18)24/h7-10,13-14H,4-6,11-12H2,1-3H3,(H,26,29). The average molecular weight is 497 g/mol. The number of benzene rings is 2. The van der Waals surface area contributed by atoms with Crippen molar-refractivity contribution >= 4 is 55.9 Å². The van der Waals surface area contributed by atoms with E-state index in [0.29, 0.717) is 53.1 Å². The highest BCUT2D eigenvalue weighted by molar-refractivity contribution is 7.89. The molecule has 10 heteroatoms. The van der Waals surface area contributed by atoms with E-state index in [9.17, 15) is 13.2 Å². The van der Waals surface area contributed by atoms with Gasteiger partial charge in [0.05, 0.1) is 26.6 Å². The maximum absolute atomic E-state index is 12.9. The van der Waals surface area contributed by atoms with Crippen molar-refractivity contribution in [3.8, 4) is 0 Å². The number of halogens is 2. The molecule has 0 aliphatic heterocycles. The molecule has 0 atom stereocenters. The molecule has 2 aromatic carbocycles. The molecule has 0 unspecified atom stereocenters. The van der Waals surface area contributed by atoms with Crippen LogP contribution in [-0.4, -0.2) is 41.3 Å². The van der Waals surface area contributed by atoms with Crippen LogP contribution in [0.15, 0.2) is 41.3 Å². The summed E-state index contributed by atoms with van der Waals surface area (Å²) in [7, 11) is -3.57. The number of anilines is 1. The molecule has 0 aliphatic carbocycles. The number of amides is 1. The van der Waals surface area contributed by atoms with Crippen molar-refractivity contribution in [1.29, 1.82) is 0 Å². The van der Waals surface area contributed by atoms with Gasteiger partial charge in [0.15, 0.2) is 0 Å². The first-order valence-corrected chi connectivity index (χ1v) is 12.6. The molecule has 0 spiro atoms. The highest BCUT2D eigenvalue weighted by atomic mass is 35.5. The third kappa shape index (κ3) is 5.09. The summed E-state index contributed by atoms with van der Waals surface area (Å²) in [4.78, 5) is 17.3. The fourth-order valence-electron chi connectivity index (χ4n) is 3.61. The summed E-state index contributed by atoms with van der Waals surface area (Å²) >= 11 is 12.1. The summed E-state index contributed by atoms with van der Waals surface area (Å²) in [5.41, 5.74) is 1.88. The van der Waals surface area contributed by atoms with Gasteiger partial charge in [-0.25, -0.2) is 13.4 Å². The Morgan fingerprint density at radius 1 is 1.09 bits per heavy atom. The molecule has 3 rings (SSSR count). The van der Waals surface area contributed by atoms with Crippen LogP contribution in [-0.2, 0) is 27.8 Å². The lowest BCUT2D eigenvalue weighted by molar-refractivity contribution is -0.116. The maximum atomic E-state index is 12.9. The molecule has 0 bridgehead atoms. The second kappa shape index (κ2) is 10.2. The first-order chi connectivity index (χ1) is 15.2. The Morgan fingerprint density at radius 2 is 1.81 bits per heavy atom. The molecule has 1 N–H and O–H groups in total. The predicted molar refractivity (Wildman–Crippen MR) is 129 cm³/mol. The van der Waals surface area contributed by atoms with Gasteiger partial charge in [-0.3, -0.25) is 4.79 Å². The van der Waals surface area contributed by atoms with E-state index in [1.165, 1.54) is 4.31 Å². The highest BCUT2D eigenvalue weighted by Gasteiger charge is 2.23. The Morgan fingerprint density at radius 3 is 2.47 bits per heavy atom. The van der Waals surface area contributed by atoms with E-state index in [1.54, 1.807) is 36.4 Å². The summed E-state index contributed by atoms with van der Waals surface area (Å²) in [6.45, 7) is 7.05. The third-order valence-corrected chi connectivity index (χ3v) is 7.85. The molecule has 0 aliphatic rings. The summed E-state index contributed by atoms with van der Waals surface area (Å²) < 4.78 is 29.1. The number of fused-ring (bicyclic) bond motifs is 1. The molecule has 3 aromatic rings. The monoisotopic (exact) mass is 496 g/mol. The maximum Gasteiger partial charge on any atom is 0.243 e. The fourth-order valence-corrected chi connectivity index (χ4v) is 5.42. The van der Waals surface area contributed by atoms with Gasteiger partial charge in [-0.05, 0) is 43.3 Å². The lowest BCUT2D eigenvalue weighted by atomic mass is 10.2. The van der Waals surface area contributed by atoms with Crippen molar-refractivity contribution in [2.45, 2.75) is 45.1 Å². The zero-order valence-corrected chi connectivity index (χ0v) is 20.6. The highest BCUT2D eigenvalue weighted by Crippen LogP contribution is 2.26. The van der Waals surface area contributed by atoms with Gasteiger partial charge in [0.2, 0.25) is 15.9 Å². The lowest BCUT2D eigenvalue weighted by Crippen LogP contribution is -2.30. The number of carbonyl (C=O) groups is 1. The Hall–Kier alpha value is -2.13. The van der Waals surface area contributed by atoms with Crippen molar-refractivity contribution in [3.63, 3.8) is 0 Å². The van der Waals surface area contributed by atoms with Crippen molar-refractivity contribution < 1.29 is 13.2 Å². The summed E-state index contributed by atoms with van der Waals surface area (Å²) in [6.07, 6.45) is 0.585. The van der Waals surface area contributed by atoms with Crippen molar-refractivity contribution in [3.05, 3.63) is 52.3 Å². The number of carbonyl (C=O) groups excluding carboxylic acids is 1. The number of rotatable bonds is 9. The van der Waals surface area contributed by atoms with Crippen LogP contribution < -0.4 is 5.32 Å². The normalized spacial score (nSPS) is 11.9. The number of hydrogen-bond donors (Lipinski definition) is 1.